The molecule has 5 nitrogen and oxygen atoms in total. The van der Waals surface area contributed by atoms with E-state index in [1.807, 2.05) is 32.9 Å². The fourth-order valence-corrected chi connectivity index (χ4v) is 3.25. The van der Waals surface area contributed by atoms with E-state index >= 15 is 0 Å². The Morgan fingerprint density at radius 1 is 1.12 bits per heavy atom. The Hall–Kier alpha value is -2.79. The molecule has 2 aromatic carbocycles. The van der Waals surface area contributed by atoms with Crippen molar-refractivity contribution in [2.75, 3.05) is 7.11 Å². The molecule has 6 heteroatoms. The fraction of sp³-hybridized carbons (Fsp3) is 0.200. The van der Waals surface area contributed by atoms with E-state index in [2.05, 4.69) is 4.98 Å². The number of esters is 1. The van der Waals surface area contributed by atoms with Gasteiger partial charge in [0.2, 0.25) is 0 Å². The summed E-state index contributed by atoms with van der Waals surface area (Å²) in [6.45, 7) is 5.91. The van der Waals surface area contributed by atoms with Gasteiger partial charge in [-0.2, -0.15) is 0 Å². The van der Waals surface area contributed by atoms with E-state index in [4.69, 9.17) is 16.3 Å². The third kappa shape index (κ3) is 2.84. The Bertz CT molecular complexity index is 1090. The third-order valence-electron chi connectivity index (χ3n) is 4.70. The molecule has 0 aliphatic heterocycles. The van der Waals surface area contributed by atoms with E-state index in [0.29, 0.717) is 16.5 Å². The minimum absolute atomic E-state index is 0.117. The number of halogens is 1. The van der Waals surface area contributed by atoms with Crippen molar-refractivity contribution in [3.05, 3.63) is 61.9 Å². The predicted molar refractivity (Wildman–Crippen MR) is 102 cm³/mol. The average molecular weight is 372 g/mol. The molecule has 1 heterocycles. The minimum Gasteiger partial charge on any atom is -0.506 e. The number of carbonyl (C=O) groups excluding carboxylic acids is 1. The molecule has 0 radical (unpaired) electrons. The number of aryl methyl sites for hydroxylation is 2. The molecule has 0 amide bonds. The lowest BCUT2D eigenvalue weighted by Gasteiger charge is -2.12. The maximum Gasteiger partial charge on any atom is 0.339 e. The van der Waals surface area contributed by atoms with Gasteiger partial charge in [-0.3, -0.25) is 4.79 Å². The smallest absolute Gasteiger partial charge is 0.339 e. The van der Waals surface area contributed by atoms with E-state index in [0.717, 1.165) is 16.7 Å². The summed E-state index contributed by atoms with van der Waals surface area (Å²) in [4.78, 5) is 27.2. The Kier molecular flexibility index (Phi) is 4.50. The topological polar surface area (TPSA) is 79.4 Å². The van der Waals surface area contributed by atoms with Gasteiger partial charge in [0.05, 0.1) is 28.8 Å². The maximum absolute atomic E-state index is 12.6. The monoisotopic (exact) mass is 371 g/mol. The van der Waals surface area contributed by atoms with Crippen LogP contribution in [0.5, 0.6) is 5.75 Å². The number of ether oxygens (including phenoxy) is 1. The van der Waals surface area contributed by atoms with E-state index < -0.39 is 11.5 Å². The van der Waals surface area contributed by atoms with Crippen LogP contribution in [-0.2, 0) is 4.74 Å². The first kappa shape index (κ1) is 18.0. The van der Waals surface area contributed by atoms with Crippen LogP contribution in [0.3, 0.4) is 0 Å². The van der Waals surface area contributed by atoms with Crippen LogP contribution in [0.25, 0.3) is 22.0 Å². The third-order valence-corrected chi connectivity index (χ3v) is 5.01. The number of nitrogens with one attached hydrogen (secondary N) is 1. The molecule has 0 bridgehead atoms. The van der Waals surface area contributed by atoms with Crippen molar-refractivity contribution in [3.63, 3.8) is 0 Å². The van der Waals surface area contributed by atoms with Crippen LogP contribution in [0, 0.1) is 20.8 Å². The van der Waals surface area contributed by atoms with E-state index in [1.165, 1.54) is 19.2 Å². The molecule has 0 aliphatic rings. The minimum atomic E-state index is -0.619. The molecule has 0 saturated heterocycles. The van der Waals surface area contributed by atoms with Gasteiger partial charge in [-0.25, -0.2) is 4.79 Å². The van der Waals surface area contributed by atoms with E-state index in [-0.39, 0.29) is 21.9 Å². The fourth-order valence-electron chi connectivity index (χ4n) is 3.01. The Morgan fingerprint density at radius 2 is 1.73 bits per heavy atom. The van der Waals surface area contributed by atoms with Crippen molar-refractivity contribution < 1.29 is 14.6 Å². The van der Waals surface area contributed by atoms with Crippen molar-refractivity contribution in [2.24, 2.45) is 0 Å². The number of aromatic hydroxyl groups is 1. The summed E-state index contributed by atoms with van der Waals surface area (Å²) in [6.07, 6.45) is 0. The van der Waals surface area contributed by atoms with Crippen molar-refractivity contribution in [1.29, 1.82) is 0 Å². The number of pyridine rings is 1. The molecule has 1 aromatic heterocycles. The van der Waals surface area contributed by atoms with Crippen LogP contribution in [0.1, 0.15) is 27.0 Å². The molecule has 3 rings (SSSR count). The number of rotatable bonds is 2. The van der Waals surface area contributed by atoms with Crippen molar-refractivity contribution in [1.82, 2.24) is 4.98 Å². The zero-order valence-electron chi connectivity index (χ0n) is 14.9. The number of H-pyrrole nitrogens is 1. The first-order valence-electron chi connectivity index (χ1n) is 7.99. The van der Waals surface area contributed by atoms with Crippen molar-refractivity contribution in [3.8, 4) is 16.9 Å². The van der Waals surface area contributed by atoms with Gasteiger partial charge in [-0.15, -0.1) is 0 Å². The highest BCUT2D eigenvalue weighted by molar-refractivity contribution is 6.34. The Balaban J connectivity index is 2.36. The average Bonchev–Trinajstić information content (AvgIpc) is 2.58. The quantitative estimate of drug-likeness (QED) is 0.659. The number of hydrogen-bond donors (Lipinski definition) is 2. The highest BCUT2D eigenvalue weighted by Gasteiger charge is 2.19. The van der Waals surface area contributed by atoms with Crippen LogP contribution in [0.2, 0.25) is 5.02 Å². The molecule has 0 spiro atoms. The number of aromatic amines is 1. The second kappa shape index (κ2) is 6.50. The van der Waals surface area contributed by atoms with E-state index in [1.54, 1.807) is 0 Å². The molecule has 0 fully saturated rings. The first-order chi connectivity index (χ1) is 12.2. The lowest BCUT2D eigenvalue weighted by molar-refractivity contribution is 0.0601. The molecule has 2 N–H and O–H groups in total. The van der Waals surface area contributed by atoms with Crippen LogP contribution >= 0.6 is 11.6 Å². The van der Waals surface area contributed by atoms with Gasteiger partial charge < -0.3 is 14.8 Å². The van der Waals surface area contributed by atoms with E-state index in [9.17, 15) is 14.7 Å². The van der Waals surface area contributed by atoms with Gasteiger partial charge in [0, 0.05) is 5.39 Å². The number of aromatic nitrogens is 1. The lowest BCUT2D eigenvalue weighted by Crippen LogP contribution is -2.11. The summed E-state index contributed by atoms with van der Waals surface area (Å²) in [5.74, 6) is -0.820. The number of benzene rings is 2. The van der Waals surface area contributed by atoms with Crippen molar-refractivity contribution >= 4 is 28.5 Å². The second-order valence-electron chi connectivity index (χ2n) is 6.28. The molecule has 26 heavy (non-hydrogen) atoms. The zero-order valence-corrected chi connectivity index (χ0v) is 15.6. The number of methoxy groups -OCH3 is 1. The second-order valence-corrected chi connectivity index (χ2v) is 6.69. The Labute approximate surface area is 155 Å². The SMILES string of the molecule is COC(=O)c1cc2c(O)c(-c3cc(C)c(C)c(C)c3)c(=O)[nH]c2cc1Cl. The highest BCUT2D eigenvalue weighted by atomic mass is 35.5. The molecular formula is C20H18ClNO4. The number of carbonyl (C=O) groups is 1. The first-order valence-corrected chi connectivity index (χ1v) is 8.37. The molecule has 0 atom stereocenters. The maximum atomic E-state index is 12.6. The van der Waals surface area contributed by atoms with Crippen molar-refractivity contribution in [2.45, 2.75) is 20.8 Å². The zero-order chi connectivity index (χ0) is 19.2. The van der Waals surface area contributed by atoms with Gasteiger partial charge in [-0.1, -0.05) is 23.7 Å². The van der Waals surface area contributed by atoms with Gasteiger partial charge in [0.15, 0.2) is 0 Å². The normalized spacial score (nSPS) is 11.0. The number of hydrogen-bond acceptors (Lipinski definition) is 4. The van der Waals surface area contributed by atoms with Crippen LogP contribution in [0.4, 0.5) is 0 Å². The largest absolute Gasteiger partial charge is 0.506 e. The van der Waals surface area contributed by atoms with Gasteiger partial charge in [-0.05, 0) is 55.2 Å². The molecular weight excluding hydrogens is 354 g/mol. The van der Waals surface area contributed by atoms with Gasteiger partial charge >= 0.3 is 5.97 Å². The standard InChI is InChI=1S/C20H18ClNO4/c1-9-5-12(6-10(2)11(9)3)17-18(23)14-7-13(20(25)26-4)15(21)8-16(14)22-19(17)24/h5-8H,1-4H3,(H2,22,23,24). The molecule has 134 valence electrons. The van der Waals surface area contributed by atoms with Gasteiger partial charge in [0.1, 0.15) is 5.75 Å². The Morgan fingerprint density at radius 3 is 2.31 bits per heavy atom. The summed E-state index contributed by atoms with van der Waals surface area (Å²) in [5, 5.41) is 11.2. The van der Waals surface area contributed by atoms with Crippen LogP contribution in [-0.4, -0.2) is 23.2 Å². The summed E-state index contributed by atoms with van der Waals surface area (Å²) >= 11 is 6.09. The summed E-state index contributed by atoms with van der Waals surface area (Å²) in [7, 11) is 1.25. The summed E-state index contributed by atoms with van der Waals surface area (Å²) in [6, 6.07) is 6.57. The summed E-state index contributed by atoms with van der Waals surface area (Å²) < 4.78 is 4.71. The van der Waals surface area contributed by atoms with Gasteiger partial charge in [0.25, 0.3) is 5.56 Å². The highest BCUT2D eigenvalue weighted by Crippen LogP contribution is 2.35. The summed E-state index contributed by atoms with van der Waals surface area (Å²) in [5.41, 5.74) is 3.96. The molecule has 3 aromatic rings. The molecule has 0 unspecified atom stereocenters. The molecule has 0 saturated carbocycles. The van der Waals surface area contributed by atoms with Crippen LogP contribution in [0.15, 0.2) is 29.1 Å². The number of fused-ring (bicyclic) bond motifs is 1. The predicted octanol–water partition coefficient (Wildman–Crippen LogP) is 4.27. The molecule has 0 aliphatic carbocycles. The van der Waals surface area contributed by atoms with Crippen LogP contribution < -0.4 is 5.56 Å². The lowest BCUT2D eigenvalue weighted by atomic mass is 9.95.